The second-order valence-corrected chi connectivity index (χ2v) is 4.30. The van der Waals surface area contributed by atoms with Crippen LogP contribution in [0.25, 0.3) is 0 Å². The Morgan fingerprint density at radius 3 is 2.78 bits per heavy atom. The Hall–Kier alpha value is -1.72. The zero-order valence-electron chi connectivity index (χ0n) is 9.96. The van der Waals surface area contributed by atoms with Crippen molar-refractivity contribution in [2.45, 2.75) is 18.6 Å². The van der Waals surface area contributed by atoms with Gasteiger partial charge in [0.25, 0.3) is 0 Å². The van der Waals surface area contributed by atoms with Gasteiger partial charge in [-0.1, -0.05) is 12.1 Å². The fourth-order valence-corrected chi connectivity index (χ4v) is 2.23. The molecule has 0 aromatic heterocycles. The molecule has 1 aromatic carbocycles. The van der Waals surface area contributed by atoms with Crippen molar-refractivity contribution in [2.75, 3.05) is 13.2 Å². The van der Waals surface area contributed by atoms with Crippen LogP contribution in [0.15, 0.2) is 36.1 Å². The molecule has 2 heterocycles. The Labute approximate surface area is 105 Å². The van der Waals surface area contributed by atoms with Crippen molar-refractivity contribution in [3.05, 3.63) is 36.1 Å². The number of hydrogen-bond acceptors (Lipinski definition) is 5. The highest BCUT2D eigenvalue weighted by molar-refractivity contribution is 5.41. The lowest BCUT2D eigenvalue weighted by molar-refractivity contribution is 0.0537. The van der Waals surface area contributed by atoms with Gasteiger partial charge in [0.1, 0.15) is 18.4 Å². The Bertz CT molecular complexity index is 461. The fraction of sp³-hybridized carbons (Fsp3) is 0.385. The first kappa shape index (κ1) is 11.4. The third kappa shape index (κ3) is 2.02. The van der Waals surface area contributed by atoms with Crippen molar-refractivity contribution in [1.82, 2.24) is 5.43 Å². The van der Waals surface area contributed by atoms with E-state index < -0.39 is 0 Å². The molecule has 5 nitrogen and oxygen atoms in total. The van der Waals surface area contributed by atoms with E-state index in [2.05, 4.69) is 5.43 Å². The standard InChI is InChI=1S/C13H16N2O3/c14-15-13(11-6-3-7-16-11)12-8-17-9-4-1-2-5-10(9)18-12/h1-2,4-6,12-13,15H,3,7-8,14H2. The SMILES string of the molecule is NNC(C1=CCCO1)C1COc2ccccc2O1. The van der Waals surface area contributed by atoms with Gasteiger partial charge in [-0.3, -0.25) is 5.84 Å². The van der Waals surface area contributed by atoms with E-state index >= 15 is 0 Å². The van der Waals surface area contributed by atoms with Crippen molar-refractivity contribution < 1.29 is 14.2 Å². The highest BCUT2D eigenvalue weighted by Gasteiger charge is 2.32. The molecule has 0 bridgehead atoms. The van der Waals surface area contributed by atoms with Crippen LogP contribution in [0.2, 0.25) is 0 Å². The molecule has 0 fully saturated rings. The normalized spacial score (nSPS) is 23.2. The van der Waals surface area contributed by atoms with E-state index in [9.17, 15) is 0 Å². The predicted molar refractivity (Wildman–Crippen MR) is 66.1 cm³/mol. The van der Waals surface area contributed by atoms with Crippen LogP contribution in [0.3, 0.4) is 0 Å². The van der Waals surface area contributed by atoms with Crippen LogP contribution in [0.5, 0.6) is 11.5 Å². The summed E-state index contributed by atoms with van der Waals surface area (Å²) in [5, 5.41) is 0. The molecule has 0 radical (unpaired) electrons. The first-order valence-corrected chi connectivity index (χ1v) is 6.06. The molecule has 96 valence electrons. The minimum atomic E-state index is -0.186. The van der Waals surface area contributed by atoms with E-state index in [1.165, 1.54) is 0 Å². The summed E-state index contributed by atoms with van der Waals surface area (Å²) >= 11 is 0. The van der Waals surface area contributed by atoms with Crippen molar-refractivity contribution in [3.63, 3.8) is 0 Å². The van der Waals surface area contributed by atoms with Crippen LogP contribution < -0.4 is 20.7 Å². The summed E-state index contributed by atoms with van der Waals surface area (Å²) in [6, 6.07) is 7.44. The molecular formula is C13H16N2O3. The van der Waals surface area contributed by atoms with Crippen LogP contribution in [-0.2, 0) is 4.74 Å². The smallest absolute Gasteiger partial charge is 0.161 e. The van der Waals surface area contributed by atoms with E-state index in [1.807, 2.05) is 30.3 Å². The maximum atomic E-state index is 5.91. The Morgan fingerprint density at radius 1 is 1.22 bits per heavy atom. The van der Waals surface area contributed by atoms with E-state index in [0.29, 0.717) is 13.2 Å². The quantitative estimate of drug-likeness (QED) is 0.616. The number of rotatable bonds is 3. The summed E-state index contributed by atoms with van der Waals surface area (Å²) < 4.78 is 17.1. The van der Waals surface area contributed by atoms with Gasteiger partial charge in [-0.15, -0.1) is 0 Å². The molecule has 3 rings (SSSR count). The number of ether oxygens (including phenoxy) is 3. The summed E-state index contributed by atoms with van der Waals surface area (Å²) in [5.41, 5.74) is 2.75. The van der Waals surface area contributed by atoms with Gasteiger partial charge in [0, 0.05) is 6.42 Å². The lowest BCUT2D eigenvalue weighted by Crippen LogP contribution is -2.51. The Balaban J connectivity index is 1.78. The number of fused-ring (bicyclic) bond motifs is 1. The molecule has 18 heavy (non-hydrogen) atoms. The zero-order valence-corrected chi connectivity index (χ0v) is 9.96. The van der Waals surface area contributed by atoms with E-state index in [4.69, 9.17) is 20.1 Å². The zero-order chi connectivity index (χ0) is 12.4. The van der Waals surface area contributed by atoms with Crippen LogP contribution in [-0.4, -0.2) is 25.4 Å². The molecule has 2 aliphatic rings. The maximum Gasteiger partial charge on any atom is 0.161 e. The van der Waals surface area contributed by atoms with Gasteiger partial charge < -0.3 is 14.2 Å². The monoisotopic (exact) mass is 248 g/mol. The molecule has 0 amide bonds. The molecule has 1 aromatic rings. The number of hydrogen-bond donors (Lipinski definition) is 2. The number of para-hydroxylation sites is 2. The average molecular weight is 248 g/mol. The summed E-state index contributed by atoms with van der Waals surface area (Å²) in [4.78, 5) is 0. The van der Waals surface area contributed by atoms with Gasteiger partial charge in [-0.25, -0.2) is 5.43 Å². The third-order valence-electron chi connectivity index (χ3n) is 3.12. The third-order valence-corrected chi connectivity index (χ3v) is 3.12. The largest absolute Gasteiger partial charge is 0.496 e. The number of nitrogens with one attached hydrogen (secondary N) is 1. The van der Waals surface area contributed by atoms with Gasteiger partial charge in [0.2, 0.25) is 0 Å². The fourth-order valence-electron chi connectivity index (χ4n) is 2.23. The molecule has 0 saturated carbocycles. The van der Waals surface area contributed by atoms with E-state index in [1.54, 1.807) is 0 Å². The van der Waals surface area contributed by atoms with Crippen LogP contribution >= 0.6 is 0 Å². The van der Waals surface area contributed by atoms with Crippen molar-refractivity contribution in [2.24, 2.45) is 5.84 Å². The molecule has 0 aliphatic carbocycles. The first-order valence-electron chi connectivity index (χ1n) is 6.06. The minimum Gasteiger partial charge on any atom is -0.496 e. The molecule has 0 spiro atoms. The number of hydrazine groups is 1. The Kier molecular flexibility index (Phi) is 3.08. The molecule has 3 N–H and O–H groups in total. The van der Waals surface area contributed by atoms with E-state index in [0.717, 1.165) is 23.7 Å². The minimum absolute atomic E-state index is 0.180. The molecule has 2 atom stereocenters. The van der Waals surface area contributed by atoms with Crippen molar-refractivity contribution in [1.29, 1.82) is 0 Å². The van der Waals surface area contributed by atoms with Gasteiger partial charge in [0.05, 0.1) is 6.61 Å². The second kappa shape index (κ2) is 4.88. The summed E-state index contributed by atoms with van der Waals surface area (Å²) in [7, 11) is 0. The Morgan fingerprint density at radius 2 is 2.06 bits per heavy atom. The van der Waals surface area contributed by atoms with Crippen LogP contribution in [0.4, 0.5) is 0 Å². The second-order valence-electron chi connectivity index (χ2n) is 4.30. The van der Waals surface area contributed by atoms with Gasteiger partial charge in [-0.05, 0) is 18.2 Å². The van der Waals surface area contributed by atoms with Gasteiger partial charge >= 0.3 is 0 Å². The molecule has 2 unspecified atom stereocenters. The predicted octanol–water partition coefficient (Wildman–Crippen LogP) is 0.962. The van der Waals surface area contributed by atoms with Gasteiger partial charge in [-0.2, -0.15) is 0 Å². The lowest BCUT2D eigenvalue weighted by atomic mass is 10.1. The summed E-state index contributed by atoms with van der Waals surface area (Å²) in [5.74, 6) is 7.95. The summed E-state index contributed by atoms with van der Waals surface area (Å²) in [6.07, 6.45) is 2.76. The number of benzene rings is 1. The summed E-state index contributed by atoms with van der Waals surface area (Å²) in [6.45, 7) is 1.16. The average Bonchev–Trinajstić information content (AvgIpc) is 2.93. The molecule has 5 heteroatoms. The van der Waals surface area contributed by atoms with Crippen molar-refractivity contribution >= 4 is 0 Å². The van der Waals surface area contributed by atoms with Gasteiger partial charge in [0.15, 0.2) is 17.6 Å². The van der Waals surface area contributed by atoms with Crippen LogP contribution in [0.1, 0.15) is 6.42 Å². The van der Waals surface area contributed by atoms with E-state index in [-0.39, 0.29) is 12.1 Å². The van der Waals surface area contributed by atoms with Crippen molar-refractivity contribution in [3.8, 4) is 11.5 Å². The molecular weight excluding hydrogens is 232 g/mol. The lowest BCUT2D eigenvalue weighted by Gasteiger charge is -2.31. The highest BCUT2D eigenvalue weighted by Crippen LogP contribution is 2.32. The maximum absolute atomic E-state index is 5.91. The molecule has 2 aliphatic heterocycles. The van der Waals surface area contributed by atoms with Crippen LogP contribution in [0, 0.1) is 0 Å². The first-order chi connectivity index (χ1) is 8.88. The topological polar surface area (TPSA) is 65.7 Å². The number of nitrogens with two attached hydrogens (primary N) is 1. The highest BCUT2D eigenvalue weighted by atomic mass is 16.6. The molecule has 0 saturated heterocycles.